The van der Waals surface area contributed by atoms with Gasteiger partial charge >= 0.3 is 0 Å². The second-order valence-corrected chi connectivity index (χ2v) is 12.2. The minimum Gasteiger partial charge on any atom is -0.374 e. The Morgan fingerprint density at radius 2 is 1.37 bits per heavy atom. The summed E-state index contributed by atoms with van der Waals surface area (Å²) in [6.07, 6.45) is 13.1. The van der Waals surface area contributed by atoms with Gasteiger partial charge in [-0.1, -0.05) is 30.3 Å². The van der Waals surface area contributed by atoms with E-state index in [0.29, 0.717) is 13.2 Å². The standard InChI is InChI=1S/C31H46O7/c1-30(32-2)17-7-11-28(37-30)26-14-12-24(34-26)25-13-15-27(35-25)29-16-19-31(38-29)18-6-10-23(36-31)21-33-20-22-8-4-3-5-9-22/h3-5,8-9,23-29H,6-7,10-21H2,1-2H3/t23-,24-,25-,26+,27+,28-,29-,30-,31+/m0/s1. The molecule has 7 nitrogen and oxygen atoms in total. The zero-order valence-corrected chi connectivity index (χ0v) is 23.2. The molecule has 0 aliphatic carbocycles. The van der Waals surface area contributed by atoms with Gasteiger partial charge in [-0.15, -0.1) is 0 Å². The second-order valence-electron chi connectivity index (χ2n) is 12.2. The molecule has 0 unspecified atom stereocenters. The van der Waals surface area contributed by atoms with Crippen LogP contribution in [0.3, 0.4) is 0 Å². The van der Waals surface area contributed by atoms with Crippen molar-refractivity contribution in [2.24, 2.45) is 0 Å². The van der Waals surface area contributed by atoms with Crippen molar-refractivity contribution in [2.45, 2.75) is 145 Å². The lowest BCUT2D eigenvalue weighted by Crippen LogP contribution is -2.45. The summed E-state index contributed by atoms with van der Waals surface area (Å²) in [5, 5.41) is 0. The highest BCUT2D eigenvalue weighted by molar-refractivity contribution is 5.13. The Hall–Kier alpha value is -1.06. The maximum atomic E-state index is 6.65. The summed E-state index contributed by atoms with van der Waals surface area (Å²) in [4.78, 5) is 0. The van der Waals surface area contributed by atoms with Gasteiger partial charge < -0.3 is 33.2 Å². The highest BCUT2D eigenvalue weighted by Crippen LogP contribution is 2.45. The van der Waals surface area contributed by atoms with Crippen LogP contribution >= 0.6 is 0 Å². The minimum absolute atomic E-state index is 0.0919. The van der Waals surface area contributed by atoms with Crippen LogP contribution in [0.4, 0.5) is 0 Å². The van der Waals surface area contributed by atoms with Crippen molar-refractivity contribution in [1.82, 2.24) is 0 Å². The van der Waals surface area contributed by atoms with E-state index in [1.54, 1.807) is 7.11 Å². The molecule has 0 radical (unpaired) electrons. The fourth-order valence-corrected chi connectivity index (χ4v) is 7.26. The molecule has 6 rings (SSSR count). The lowest BCUT2D eigenvalue weighted by atomic mass is 9.97. The number of hydrogen-bond acceptors (Lipinski definition) is 7. The Morgan fingerprint density at radius 1 is 0.711 bits per heavy atom. The molecule has 0 aromatic heterocycles. The van der Waals surface area contributed by atoms with Crippen molar-refractivity contribution in [3.05, 3.63) is 35.9 Å². The van der Waals surface area contributed by atoms with Crippen molar-refractivity contribution >= 4 is 0 Å². The first-order valence-corrected chi connectivity index (χ1v) is 15.0. The molecule has 5 heterocycles. The van der Waals surface area contributed by atoms with Crippen molar-refractivity contribution in [3.63, 3.8) is 0 Å². The molecule has 1 aromatic rings. The summed E-state index contributed by atoms with van der Waals surface area (Å²) >= 11 is 0. The van der Waals surface area contributed by atoms with Crippen LogP contribution < -0.4 is 0 Å². The molecule has 212 valence electrons. The van der Waals surface area contributed by atoms with Crippen molar-refractivity contribution in [2.75, 3.05) is 13.7 Å². The monoisotopic (exact) mass is 530 g/mol. The zero-order valence-electron chi connectivity index (χ0n) is 23.2. The first-order valence-electron chi connectivity index (χ1n) is 15.0. The molecule has 38 heavy (non-hydrogen) atoms. The zero-order chi connectivity index (χ0) is 26.0. The first-order chi connectivity index (χ1) is 18.5. The van der Waals surface area contributed by atoms with Gasteiger partial charge in [0.05, 0.1) is 55.9 Å². The Bertz CT molecular complexity index is 897. The van der Waals surface area contributed by atoms with Gasteiger partial charge in [0.1, 0.15) is 0 Å². The maximum absolute atomic E-state index is 6.65. The second kappa shape index (κ2) is 11.8. The SMILES string of the molecule is CO[C@]1(C)CCC[C@@H]([C@H]2CC[C@@H]([C@@H]3CC[C@H]([C@@H]4CC[C@@]5(CCC[C@@H](COCc6ccccc6)O5)O4)O3)O2)O1. The molecule has 7 heteroatoms. The van der Waals surface area contributed by atoms with Crippen molar-refractivity contribution in [1.29, 1.82) is 0 Å². The molecule has 1 aromatic carbocycles. The average Bonchev–Trinajstić information content (AvgIpc) is 3.70. The Balaban J connectivity index is 0.956. The number of hydrogen-bond donors (Lipinski definition) is 0. The highest BCUT2D eigenvalue weighted by Gasteiger charge is 2.50. The number of rotatable bonds is 8. The van der Waals surface area contributed by atoms with E-state index in [-0.39, 0.29) is 42.7 Å². The number of methoxy groups -OCH3 is 1. The third-order valence-corrected chi connectivity index (χ3v) is 9.42. The lowest BCUT2D eigenvalue weighted by molar-refractivity contribution is -0.286. The summed E-state index contributed by atoms with van der Waals surface area (Å²) in [5.41, 5.74) is 1.19. The van der Waals surface area contributed by atoms with Crippen LogP contribution in [0.5, 0.6) is 0 Å². The van der Waals surface area contributed by atoms with E-state index in [1.165, 1.54) is 5.56 Å². The van der Waals surface area contributed by atoms with Gasteiger partial charge in [-0.2, -0.15) is 0 Å². The quantitative estimate of drug-likeness (QED) is 0.429. The van der Waals surface area contributed by atoms with Crippen LogP contribution in [-0.2, 0) is 39.8 Å². The smallest absolute Gasteiger partial charge is 0.169 e. The van der Waals surface area contributed by atoms with Gasteiger partial charge in [0.25, 0.3) is 0 Å². The molecule has 5 saturated heterocycles. The summed E-state index contributed by atoms with van der Waals surface area (Å²) in [7, 11) is 1.74. The fourth-order valence-electron chi connectivity index (χ4n) is 7.26. The van der Waals surface area contributed by atoms with E-state index >= 15 is 0 Å². The Morgan fingerprint density at radius 3 is 2.08 bits per heavy atom. The van der Waals surface area contributed by atoms with E-state index in [1.807, 2.05) is 25.1 Å². The highest BCUT2D eigenvalue weighted by atomic mass is 16.7. The summed E-state index contributed by atoms with van der Waals surface area (Å²) < 4.78 is 44.3. The largest absolute Gasteiger partial charge is 0.374 e. The van der Waals surface area contributed by atoms with Gasteiger partial charge in [-0.25, -0.2) is 0 Å². The van der Waals surface area contributed by atoms with Crippen LogP contribution in [-0.4, -0.2) is 68.0 Å². The molecule has 5 aliphatic rings. The molecule has 1 spiro atoms. The van der Waals surface area contributed by atoms with Gasteiger partial charge in [0.2, 0.25) is 0 Å². The normalized spacial score (nSPS) is 43.7. The molecule has 0 amide bonds. The number of benzene rings is 1. The van der Waals surface area contributed by atoms with E-state index in [4.69, 9.17) is 33.2 Å². The molecule has 0 bridgehead atoms. The molecule has 9 atom stereocenters. The predicted molar refractivity (Wildman–Crippen MR) is 142 cm³/mol. The Kier molecular flexibility index (Phi) is 8.43. The van der Waals surface area contributed by atoms with E-state index in [0.717, 1.165) is 77.0 Å². The van der Waals surface area contributed by atoms with Gasteiger partial charge in [-0.3, -0.25) is 0 Å². The first kappa shape index (κ1) is 27.1. The van der Waals surface area contributed by atoms with Crippen LogP contribution in [0, 0.1) is 0 Å². The van der Waals surface area contributed by atoms with Crippen LogP contribution in [0.25, 0.3) is 0 Å². The molecule has 0 saturated carbocycles. The average molecular weight is 531 g/mol. The molecule has 0 N–H and O–H groups in total. The topological polar surface area (TPSA) is 64.6 Å². The van der Waals surface area contributed by atoms with Crippen LogP contribution in [0.2, 0.25) is 0 Å². The summed E-state index contributed by atoms with van der Waals surface area (Å²) in [6, 6.07) is 10.3. The molecular weight excluding hydrogens is 484 g/mol. The van der Waals surface area contributed by atoms with Crippen LogP contribution in [0.1, 0.15) is 89.5 Å². The summed E-state index contributed by atoms with van der Waals surface area (Å²) in [5.74, 6) is -0.949. The fraction of sp³-hybridized carbons (Fsp3) is 0.806. The molecule has 5 aliphatic heterocycles. The van der Waals surface area contributed by atoms with Crippen molar-refractivity contribution < 1.29 is 33.2 Å². The van der Waals surface area contributed by atoms with Gasteiger partial charge in [0.15, 0.2) is 11.6 Å². The van der Waals surface area contributed by atoms with Crippen molar-refractivity contribution in [3.8, 4) is 0 Å². The third-order valence-electron chi connectivity index (χ3n) is 9.42. The third kappa shape index (κ3) is 6.14. The van der Waals surface area contributed by atoms with Gasteiger partial charge in [-0.05, 0) is 70.3 Å². The van der Waals surface area contributed by atoms with E-state index in [2.05, 4.69) is 12.1 Å². The predicted octanol–water partition coefficient (Wildman–Crippen LogP) is 5.67. The molecule has 5 fully saturated rings. The summed E-state index contributed by atoms with van der Waals surface area (Å²) in [6.45, 7) is 3.28. The molecular formula is C31H46O7. The van der Waals surface area contributed by atoms with Crippen LogP contribution in [0.15, 0.2) is 30.3 Å². The maximum Gasteiger partial charge on any atom is 0.169 e. The lowest BCUT2D eigenvalue weighted by Gasteiger charge is -2.39. The Labute approximate surface area is 227 Å². The van der Waals surface area contributed by atoms with E-state index in [9.17, 15) is 0 Å². The minimum atomic E-state index is -0.483. The van der Waals surface area contributed by atoms with Gasteiger partial charge in [0, 0.05) is 26.4 Å². The number of ether oxygens (including phenoxy) is 7. The van der Waals surface area contributed by atoms with E-state index < -0.39 is 11.6 Å².